The van der Waals surface area contributed by atoms with E-state index in [1.807, 2.05) is 0 Å². The van der Waals surface area contributed by atoms with Crippen molar-refractivity contribution in [2.75, 3.05) is 19.7 Å². The molecule has 90 valence electrons. The molecule has 1 aromatic rings. The molecule has 1 aliphatic rings. The molecule has 16 heavy (non-hydrogen) atoms. The van der Waals surface area contributed by atoms with Crippen molar-refractivity contribution in [3.63, 3.8) is 0 Å². The van der Waals surface area contributed by atoms with Gasteiger partial charge in [0.15, 0.2) is 5.82 Å². The summed E-state index contributed by atoms with van der Waals surface area (Å²) in [4.78, 5) is 4.39. The zero-order chi connectivity index (χ0) is 11.6. The largest absolute Gasteiger partial charge is 0.375 e. The quantitative estimate of drug-likeness (QED) is 0.810. The molecule has 1 unspecified atom stereocenters. The van der Waals surface area contributed by atoms with Crippen molar-refractivity contribution in [2.45, 2.75) is 38.7 Å². The minimum absolute atomic E-state index is 0.0621. The fourth-order valence-electron chi connectivity index (χ4n) is 1.59. The average molecular weight is 225 g/mol. The van der Waals surface area contributed by atoms with Crippen LogP contribution in [0.3, 0.4) is 0 Å². The predicted molar refractivity (Wildman–Crippen MR) is 59.3 cm³/mol. The van der Waals surface area contributed by atoms with Gasteiger partial charge in [-0.05, 0) is 0 Å². The summed E-state index contributed by atoms with van der Waals surface area (Å²) in [5.74, 6) is 1.42. The summed E-state index contributed by atoms with van der Waals surface area (Å²) in [5, 5.41) is 7.27. The van der Waals surface area contributed by atoms with E-state index in [9.17, 15) is 0 Å². The van der Waals surface area contributed by atoms with Crippen LogP contribution in [0, 0.1) is 0 Å². The highest BCUT2D eigenvalue weighted by Gasteiger charge is 2.23. The molecule has 0 aliphatic carbocycles. The molecule has 0 saturated carbocycles. The standard InChI is InChI=1S/C11H19N3O2/c1-11(2,3)10-13-9(16-14-10)6-8-7-12-4-5-15-8/h8,12H,4-7H2,1-3H3. The van der Waals surface area contributed by atoms with Crippen LogP contribution >= 0.6 is 0 Å². The van der Waals surface area contributed by atoms with E-state index in [2.05, 4.69) is 36.2 Å². The van der Waals surface area contributed by atoms with E-state index in [-0.39, 0.29) is 11.5 Å². The van der Waals surface area contributed by atoms with Crippen LogP contribution in [-0.4, -0.2) is 35.9 Å². The maximum absolute atomic E-state index is 5.59. The zero-order valence-corrected chi connectivity index (χ0v) is 10.1. The number of hydrogen-bond acceptors (Lipinski definition) is 5. The van der Waals surface area contributed by atoms with Gasteiger partial charge in [-0.3, -0.25) is 0 Å². The van der Waals surface area contributed by atoms with Crippen LogP contribution in [0.5, 0.6) is 0 Å². The predicted octanol–water partition coefficient (Wildman–Crippen LogP) is 0.898. The Hall–Kier alpha value is -0.940. The van der Waals surface area contributed by atoms with Crippen molar-refractivity contribution in [2.24, 2.45) is 0 Å². The van der Waals surface area contributed by atoms with Crippen LogP contribution in [0.2, 0.25) is 0 Å². The molecule has 1 aromatic heterocycles. The molecule has 5 nitrogen and oxygen atoms in total. The molecule has 0 spiro atoms. The first-order chi connectivity index (χ1) is 7.55. The van der Waals surface area contributed by atoms with Gasteiger partial charge in [-0.2, -0.15) is 4.98 Å². The Bertz CT molecular complexity index is 337. The molecule has 0 amide bonds. The summed E-state index contributed by atoms with van der Waals surface area (Å²) in [6, 6.07) is 0. The van der Waals surface area contributed by atoms with Crippen LogP contribution in [-0.2, 0) is 16.6 Å². The lowest BCUT2D eigenvalue weighted by molar-refractivity contribution is 0.0246. The average Bonchev–Trinajstić information content (AvgIpc) is 2.67. The zero-order valence-electron chi connectivity index (χ0n) is 10.1. The van der Waals surface area contributed by atoms with E-state index in [1.54, 1.807) is 0 Å². The van der Waals surface area contributed by atoms with Crippen molar-refractivity contribution in [3.8, 4) is 0 Å². The van der Waals surface area contributed by atoms with E-state index >= 15 is 0 Å². The Labute approximate surface area is 95.6 Å². The molecule has 1 saturated heterocycles. The molecule has 0 bridgehead atoms. The van der Waals surface area contributed by atoms with Gasteiger partial charge >= 0.3 is 0 Å². The lowest BCUT2D eigenvalue weighted by Gasteiger charge is -2.22. The third-order valence-corrected chi connectivity index (χ3v) is 2.55. The van der Waals surface area contributed by atoms with Crippen LogP contribution in [0.25, 0.3) is 0 Å². The summed E-state index contributed by atoms with van der Waals surface area (Å²) in [5.41, 5.74) is -0.0621. The Balaban J connectivity index is 1.97. The molecule has 1 aliphatic heterocycles. The lowest BCUT2D eigenvalue weighted by atomic mass is 9.96. The smallest absolute Gasteiger partial charge is 0.229 e. The Kier molecular flexibility index (Phi) is 3.25. The first kappa shape index (κ1) is 11.5. The number of nitrogens with zero attached hydrogens (tertiary/aromatic N) is 2. The molecular formula is C11H19N3O2. The van der Waals surface area contributed by atoms with E-state index in [0.717, 1.165) is 25.5 Å². The SMILES string of the molecule is CC(C)(C)c1noc(CC2CNCCO2)n1. The van der Waals surface area contributed by atoms with E-state index in [4.69, 9.17) is 9.26 Å². The topological polar surface area (TPSA) is 60.2 Å². The molecule has 1 N–H and O–H groups in total. The maximum Gasteiger partial charge on any atom is 0.229 e. The highest BCUT2D eigenvalue weighted by molar-refractivity contribution is 5.00. The second-order valence-electron chi connectivity index (χ2n) is 5.16. The van der Waals surface area contributed by atoms with Gasteiger partial charge in [-0.15, -0.1) is 0 Å². The molecule has 5 heteroatoms. The Morgan fingerprint density at radius 2 is 2.25 bits per heavy atom. The van der Waals surface area contributed by atoms with Gasteiger partial charge in [-0.1, -0.05) is 25.9 Å². The van der Waals surface area contributed by atoms with Crippen LogP contribution in [0.15, 0.2) is 4.52 Å². The fourth-order valence-corrected chi connectivity index (χ4v) is 1.59. The van der Waals surface area contributed by atoms with Crippen LogP contribution < -0.4 is 5.32 Å². The maximum atomic E-state index is 5.59. The summed E-state index contributed by atoms with van der Waals surface area (Å²) in [7, 11) is 0. The fraction of sp³-hybridized carbons (Fsp3) is 0.818. The number of morpholine rings is 1. The highest BCUT2D eigenvalue weighted by Crippen LogP contribution is 2.19. The number of nitrogens with one attached hydrogen (secondary N) is 1. The number of hydrogen-bond donors (Lipinski definition) is 1. The molecule has 0 radical (unpaired) electrons. The Morgan fingerprint density at radius 1 is 1.44 bits per heavy atom. The second-order valence-corrected chi connectivity index (χ2v) is 5.16. The first-order valence-corrected chi connectivity index (χ1v) is 5.71. The van der Waals surface area contributed by atoms with Gasteiger partial charge in [0, 0.05) is 18.5 Å². The van der Waals surface area contributed by atoms with Gasteiger partial charge in [0.25, 0.3) is 0 Å². The molecule has 1 atom stereocenters. The third-order valence-electron chi connectivity index (χ3n) is 2.55. The van der Waals surface area contributed by atoms with Crippen molar-refractivity contribution in [1.82, 2.24) is 15.5 Å². The summed E-state index contributed by atoms with van der Waals surface area (Å²) in [6.45, 7) is 8.74. The van der Waals surface area contributed by atoms with E-state index < -0.39 is 0 Å². The minimum atomic E-state index is -0.0621. The van der Waals surface area contributed by atoms with Crippen molar-refractivity contribution in [3.05, 3.63) is 11.7 Å². The summed E-state index contributed by atoms with van der Waals surface area (Å²) < 4.78 is 10.8. The highest BCUT2D eigenvalue weighted by atomic mass is 16.5. The van der Waals surface area contributed by atoms with Crippen molar-refractivity contribution >= 4 is 0 Å². The third kappa shape index (κ3) is 2.80. The van der Waals surface area contributed by atoms with Crippen molar-refractivity contribution in [1.29, 1.82) is 0 Å². The number of aromatic nitrogens is 2. The molecule has 1 fully saturated rings. The monoisotopic (exact) mass is 225 g/mol. The van der Waals surface area contributed by atoms with Crippen LogP contribution in [0.1, 0.15) is 32.5 Å². The van der Waals surface area contributed by atoms with Crippen molar-refractivity contribution < 1.29 is 9.26 Å². The van der Waals surface area contributed by atoms with Gasteiger partial charge in [-0.25, -0.2) is 0 Å². The molecular weight excluding hydrogens is 206 g/mol. The van der Waals surface area contributed by atoms with Gasteiger partial charge in [0.2, 0.25) is 5.89 Å². The number of ether oxygens (including phenoxy) is 1. The summed E-state index contributed by atoms with van der Waals surface area (Å²) in [6.07, 6.45) is 0.845. The minimum Gasteiger partial charge on any atom is -0.375 e. The lowest BCUT2D eigenvalue weighted by Crippen LogP contribution is -2.39. The summed E-state index contributed by atoms with van der Waals surface area (Å²) >= 11 is 0. The number of rotatable bonds is 2. The van der Waals surface area contributed by atoms with E-state index in [1.165, 1.54) is 0 Å². The molecule has 2 rings (SSSR count). The van der Waals surface area contributed by atoms with E-state index in [0.29, 0.717) is 12.3 Å². The van der Waals surface area contributed by atoms with Gasteiger partial charge in [0.1, 0.15) is 0 Å². The normalized spacial score (nSPS) is 22.3. The van der Waals surface area contributed by atoms with Gasteiger partial charge < -0.3 is 14.6 Å². The van der Waals surface area contributed by atoms with Crippen LogP contribution in [0.4, 0.5) is 0 Å². The van der Waals surface area contributed by atoms with Gasteiger partial charge in [0.05, 0.1) is 19.1 Å². The Morgan fingerprint density at radius 3 is 2.81 bits per heavy atom. The first-order valence-electron chi connectivity index (χ1n) is 5.71. The second kappa shape index (κ2) is 4.51. The molecule has 0 aromatic carbocycles. The molecule has 2 heterocycles.